The highest BCUT2D eigenvalue weighted by molar-refractivity contribution is 7.91. The van der Waals surface area contributed by atoms with E-state index < -0.39 is 26.6 Å². The van der Waals surface area contributed by atoms with Crippen LogP contribution in [0.3, 0.4) is 0 Å². The number of aromatic nitrogens is 2. The Labute approximate surface area is 132 Å². The van der Waals surface area contributed by atoms with Crippen LogP contribution in [-0.2, 0) is 16.4 Å². The molecule has 2 aromatic rings. The lowest BCUT2D eigenvalue weighted by atomic mass is 10.3. The topological polar surface area (TPSA) is 141 Å². The second-order valence-corrected chi connectivity index (χ2v) is 7.07. The van der Waals surface area contributed by atoms with Crippen molar-refractivity contribution in [2.45, 2.75) is 24.5 Å². The number of sulfone groups is 1. The third kappa shape index (κ3) is 3.85. The highest BCUT2D eigenvalue weighted by Crippen LogP contribution is 2.17. The van der Waals surface area contributed by atoms with Crippen molar-refractivity contribution in [3.8, 4) is 0 Å². The van der Waals surface area contributed by atoms with Gasteiger partial charge in [0.15, 0.2) is 15.7 Å². The summed E-state index contributed by atoms with van der Waals surface area (Å²) >= 11 is 0. The largest absolute Gasteiger partial charge is 0.399 e. The van der Waals surface area contributed by atoms with E-state index in [1.807, 2.05) is 0 Å². The number of rotatable bonds is 6. The van der Waals surface area contributed by atoms with Gasteiger partial charge in [-0.3, -0.25) is 0 Å². The molecule has 0 aliphatic carbocycles. The van der Waals surface area contributed by atoms with Crippen LogP contribution in [0.5, 0.6) is 0 Å². The van der Waals surface area contributed by atoms with E-state index in [4.69, 9.17) is 5.73 Å². The minimum Gasteiger partial charge on any atom is -0.399 e. The Balaban J connectivity index is 2.16. The van der Waals surface area contributed by atoms with Crippen LogP contribution in [0.2, 0.25) is 0 Å². The second kappa shape index (κ2) is 6.34. The molecule has 1 atom stereocenters. The third-order valence-corrected chi connectivity index (χ3v) is 5.08. The molecule has 0 aliphatic rings. The molecule has 0 saturated heterocycles. The van der Waals surface area contributed by atoms with E-state index in [1.165, 1.54) is 35.8 Å². The molecule has 124 valence electrons. The highest BCUT2D eigenvalue weighted by Gasteiger charge is 2.25. The van der Waals surface area contributed by atoms with Gasteiger partial charge < -0.3 is 21.0 Å². The fourth-order valence-corrected chi connectivity index (χ4v) is 3.47. The predicted octanol–water partition coefficient (Wildman–Crippen LogP) is 0.517. The number of benzene rings is 1. The molecule has 0 amide bonds. The molecule has 2 rings (SSSR count). The second-order valence-electron chi connectivity index (χ2n) is 5.04. The van der Waals surface area contributed by atoms with Crippen molar-refractivity contribution in [2.24, 2.45) is 0 Å². The minimum absolute atomic E-state index is 0.0302. The van der Waals surface area contributed by atoms with E-state index >= 15 is 0 Å². The maximum absolute atomic E-state index is 12.2. The lowest BCUT2D eigenvalue weighted by Crippen LogP contribution is -2.26. The normalized spacial score (nSPS) is 13.0. The Morgan fingerprint density at radius 1 is 1.39 bits per heavy atom. The zero-order valence-corrected chi connectivity index (χ0v) is 13.1. The summed E-state index contributed by atoms with van der Waals surface area (Å²) in [5.41, 5.74) is 5.93. The first-order valence-electron chi connectivity index (χ1n) is 6.63. The Hall–Kier alpha value is -2.46. The Kier molecular flexibility index (Phi) is 4.66. The van der Waals surface area contributed by atoms with Crippen LogP contribution >= 0.6 is 0 Å². The molecule has 0 aliphatic heterocycles. The molecule has 0 fully saturated rings. The molecule has 23 heavy (non-hydrogen) atoms. The SMILES string of the molecule is Cc1ncc([N+](=O)[O-])n1CC(O)CS(=O)(=O)c1ccc(N)cc1. The van der Waals surface area contributed by atoms with E-state index in [-0.39, 0.29) is 17.3 Å². The van der Waals surface area contributed by atoms with Gasteiger partial charge in [-0.1, -0.05) is 0 Å². The van der Waals surface area contributed by atoms with E-state index in [2.05, 4.69) is 4.98 Å². The van der Waals surface area contributed by atoms with Crippen LogP contribution in [0.4, 0.5) is 11.5 Å². The third-order valence-electron chi connectivity index (χ3n) is 3.27. The lowest BCUT2D eigenvalue weighted by molar-refractivity contribution is -0.392. The van der Waals surface area contributed by atoms with Gasteiger partial charge in [0.2, 0.25) is 0 Å². The Bertz CT molecular complexity index is 813. The fraction of sp³-hybridized carbons (Fsp3) is 0.308. The quantitative estimate of drug-likeness (QED) is 0.443. The average molecular weight is 340 g/mol. The number of anilines is 1. The monoisotopic (exact) mass is 340 g/mol. The highest BCUT2D eigenvalue weighted by atomic mass is 32.2. The van der Waals surface area contributed by atoms with E-state index in [0.717, 1.165) is 6.20 Å². The van der Waals surface area contributed by atoms with Crippen molar-refractivity contribution in [2.75, 3.05) is 11.5 Å². The number of hydrogen-bond acceptors (Lipinski definition) is 7. The Morgan fingerprint density at radius 2 is 2.00 bits per heavy atom. The molecule has 10 heteroatoms. The minimum atomic E-state index is -3.73. The molecule has 0 bridgehead atoms. The van der Waals surface area contributed by atoms with Crippen molar-refractivity contribution >= 4 is 21.3 Å². The molecule has 1 heterocycles. The van der Waals surface area contributed by atoms with Crippen LogP contribution in [0.1, 0.15) is 5.82 Å². The Morgan fingerprint density at radius 3 is 2.57 bits per heavy atom. The summed E-state index contributed by atoms with van der Waals surface area (Å²) in [4.78, 5) is 14.1. The van der Waals surface area contributed by atoms with E-state index in [1.54, 1.807) is 0 Å². The van der Waals surface area contributed by atoms with Crippen molar-refractivity contribution in [3.05, 3.63) is 46.4 Å². The van der Waals surface area contributed by atoms with Crippen molar-refractivity contribution in [1.82, 2.24) is 9.55 Å². The van der Waals surface area contributed by atoms with Crippen molar-refractivity contribution in [1.29, 1.82) is 0 Å². The average Bonchev–Trinajstić information content (AvgIpc) is 2.80. The summed E-state index contributed by atoms with van der Waals surface area (Å²) in [6, 6.07) is 5.60. The first kappa shape index (κ1) is 16.9. The number of imidazole rings is 1. The molecule has 0 spiro atoms. The lowest BCUT2D eigenvalue weighted by Gasteiger charge is -2.11. The number of nitrogen functional groups attached to an aromatic ring is 1. The number of nitrogens with two attached hydrogens (primary N) is 1. The summed E-state index contributed by atoms with van der Waals surface area (Å²) in [6.45, 7) is 1.30. The van der Waals surface area contributed by atoms with Gasteiger partial charge >= 0.3 is 5.82 Å². The summed E-state index contributed by atoms with van der Waals surface area (Å²) in [7, 11) is -3.73. The number of nitro groups is 1. The maximum Gasteiger partial charge on any atom is 0.342 e. The number of aliphatic hydroxyl groups is 1. The molecular formula is C13H16N4O5S. The number of hydrogen-bond donors (Lipinski definition) is 2. The zero-order valence-electron chi connectivity index (χ0n) is 12.3. The molecule has 9 nitrogen and oxygen atoms in total. The maximum atomic E-state index is 12.2. The first-order chi connectivity index (χ1) is 10.7. The van der Waals surface area contributed by atoms with Gasteiger partial charge in [0, 0.05) is 12.6 Å². The summed E-state index contributed by atoms with van der Waals surface area (Å²) < 4.78 is 25.6. The van der Waals surface area contributed by atoms with Gasteiger partial charge in [-0.2, -0.15) is 0 Å². The fourth-order valence-electron chi connectivity index (χ4n) is 2.12. The van der Waals surface area contributed by atoms with Gasteiger partial charge in [0.1, 0.15) is 18.8 Å². The molecule has 1 aromatic carbocycles. The first-order valence-corrected chi connectivity index (χ1v) is 8.29. The standard InChI is InChI=1S/C13H16N4O5S/c1-9-15-6-13(17(19)20)16(9)7-11(18)8-23(21,22)12-4-2-10(14)3-5-12/h2-6,11,18H,7-8,14H2,1H3. The zero-order chi connectivity index (χ0) is 17.2. The van der Waals surface area contributed by atoms with Crippen LogP contribution < -0.4 is 5.73 Å². The number of aryl methyl sites for hydroxylation is 1. The number of nitrogens with zero attached hydrogens (tertiary/aromatic N) is 3. The van der Waals surface area contributed by atoms with Gasteiger partial charge in [-0.15, -0.1) is 0 Å². The molecular weight excluding hydrogens is 324 g/mol. The summed E-state index contributed by atoms with van der Waals surface area (Å²) in [5, 5.41) is 20.9. The smallest absolute Gasteiger partial charge is 0.342 e. The van der Waals surface area contributed by atoms with Gasteiger partial charge in [0.25, 0.3) is 0 Å². The summed E-state index contributed by atoms with van der Waals surface area (Å²) in [6.07, 6.45) is -0.250. The molecule has 0 saturated carbocycles. The van der Waals surface area contributed by atoms with E-state index in [9.17, 15) is 23.6 Å². The molecule has 0 radical (unpaired) electrons. The molecule has 1 unspecified atom stereocenters. The van der Waals surface area contributed by atoms with Crippen molar-refractivity contribution in [3.63, 3.8) is 0 Å². The van der Waals surface area contributed by atoms with E-state index in [0.29, 0.717) is 11.5 Å². The van der Waals surface area contributed by atoms with Crippen LogP contribution in [0.15, 0.2) is 35.4 Å². The molecule has 3 N–H and O–H groups in total. The molecule has 1 aromatic heterocycles. The van der Waals surface area contributed by atoms with Gasteiger partial charge in [-0.05, 0) is 29.2 Å². The van der Waals surface area contributed by atoms with Crippen molar-refractivity contribution < 1.29 is 18.4 Å². The van der Waals surface area contributed by atoms with Crippen LogP contribution in [0, 0.1) is 17.0 Å². The summed E-state index contributed by atoms with van der Waals surface area (Å²) in [5.74, 6) is -0.543. The number of aliphatic hydroxyl groups excluding tert-OH is 1. The van der Waals surface area contributed by atoms with Gasteiger partial charge in [0.05, 0.1) is 10.6 Å². The van der Waals surface area contributed by atoms with Crippen LogP contribution in [0.25, 0.3) is 0 Å². The predicted molar refractivity (Wildman–Crippen MR) is 82.5 cm³/mol. The van der Waals surface area contributed by atoms with Crippen LogP contribution in [-0.4, -0.2) is 39.9 Å². The van der Waals surface area contributed by atoms with Gasteiger partial charge in [-0.25, -0.2) is 18.0 Å².